The minimum Gasteiger partial charge on any atom is -0.480 e. The second kappa shape index (κ2) is 3.96. The molecule has 2 amide bonds. The first-order chi connectivity index (χ1) is 8.32. The molecule has 2 N–H and O–H groups in total. The highest BCUT2D eigenvalue weighted by molar-refractivity contribution is 6.05. The van der Waals surface area contributed by atoms with Crippen molar-refractivity contribution in [2.75, 3.05) is 13.1 Å². The summed E-state index contributed by atoms with van der Waals surface area (Å²) < 4.78 is 0. The number of nitrogens with one attached hydrogen (secondary N) is 1. The third-order valence-corrected chi connectivity index (χ3v) is 4.12. The highest BCUT2D eigenvalue weighted by Gasteiger charge is 2.56. The quantitative estimate of drug-likeness (QED) is 0.678. The number of carboxylic acid groups (broad SMARTS) is 1. The van der Waals surface area contributed by atoms with Gasteiger partial charge in [0.05, 0.1) is 0 Å². The molecule has 2 rings (SSSR count). The lowest BCUT2D eigenvalue weighted by atomic mass is 9.67. The predicted molar refractivity (Wildman–Crippen MR) is 62.7 cm³/mol. The normalized spacial score (nSPS) is 25.0. The lowest BCUT2D eigenvalue weighted by Gasteiger charge is -2.47. The van der Waals surface area contributed by atoms with Gasteiger partial charge >= 0.3 is 5.97 Å². The molecule has 0 spiro atoms. The summed E-state index contributed by atoms with van der Waals surface area (Å²) in [6.07, 6.45) is 1.49. The summed E-state index contributed by atoms with van der Waals surface area (Å²) in [5, 5.41) is 12.0. The number of piperazine rings is 1. The lowest BCUT2D eigenvalue weighted by molar-refractivity contribution is -0.173. The van der Waals surface area contributed by atoms with Crippen LogP contribution < -0.4 is 5.32 Å². The average molecular weight is 254 g/mol. The summed E-state index contributed by atoms with van der Waals surface area (Å²) in [7, 11) is 0. The van der Waals surface area contributed by atoms with Gasteiger partial charge < -0.3 is 15.3 Å². The van der Waals surface area contributed by atoms with Crippen molar-refractivity contribution in [3.05, 3.63) is 0 Å². The van der Waals surface area contributed by atoms with Crippen molar-refractivity contribution < 1.29 is 19.5 Å². The van der Waals surface area contributed by atoms with E-state index in [4.69, 9.17) is 0 Å². The van der Waals surface area contributed by atoms with Gasteiger partial charge in [-0.2, -0.15) is 0 Å². The molecule has 1 aliphatic carbocycles. The van der Waals surface area contributed by atoms with E-state index in [1.165, 1.54) is 4.90 Å². The van der Waals surface area contributed by atoms with Gasteiger partial charge in [0, 0.05) is 13.1 Å². The monoisotopic (exact) mass is 254 g/mol. The van der Waals surface area contributed by atoms with E-state index in [1.54, 1.807) is 13.8 Å². The standard InChI is InChI=1S/C12H18N2O4/c1-11(2)8(15)13-6-7-14(11)9(16)12(10(17)18)4-3-5-12/h3-7H2,1-2H3,(H,13,15)(H,17,18). The van der Waals surface area contributed by atoms with E-state index < -0.39 is 22.8 Å². The van der Waals surface area contributed by atoms with Crippen LogP contribution in [0.15, 0.2) is 0 Å². The van der Waals surface area contributed by atoms with Crippen LogP contribution in [0, 0.1) is 5.41 Å². The topological polar surface area (TPSA) is 86.7 Å². The maximum atomic E-state index is 12.5. The molecule has 1 saturated carbocycles. The smallest absolute Gasteiger partial charge is 0.319 e. The van der Waals surface area contributed by atoms with Gasteiger partial charge in [-0.15, -0.1) is 0 Å². The fraction of sp³-hybridized carbons (Fsp3) is 0.750. The van der Waals surface area contributed by atoms with Crippen molar-refractivity contribution in [2.45, 2.75) is 38.6 Å². The first-order valence-corrected chi connectivity index (χ1v) is 6.16. The zero-order valence-electron chi connectivity index (χ0n) is 10.7. The number of nitrogens with zero attached hydrogens (tertiary/aromatic N) is 1. The average Bonchev–Trinajstić information content (AvgIpc) is 2.19. The van der Waals surface area contributed by atoms with Crippen LogP contribution in [-0.2, 0) is 14.4 Å². The number of hydrogen-bond donors (Lipinski definition) is 2. The van der Waals surface area contributed by atoms with Crippen LogP contribution in [0.3, 0.4) is 0 Å². The SMILES string of the molecule is CC1(C)C(=O)NCCN1C(=O)C1(C(=O)O)CCC1. The Hall–Kier alpha value is -1.59. The number of aliphatic carboxylic acids is 1. The van der Waals surface area contributed by atoms with E-state index in [0.29, 0.717) is 25.9 Å². The maximum Gasteiger partial charge on any atom is 0.319 e. The fourth-order valence-corrected chi connectivity index (χ4v) is 2.56. The van der Waals surface area contributed by atoms with E-state index in [1.807, 2.05) is 0 Å². The van der Waals surface area contributed by atoms with E-state index in [9.17, 15) is 19.5 Å². The van der Waals surface area contributed by atoms with Crippen LogP contribution in [-0.4, -0.2) is 46.4 Å². The molecule has 0 aromatic rings. The van der Waals surface area contributed by atoms with Crippen molar-refractivity contribution in [1.29, 1.82) is 0 Å². The van der Waals surface area contributed by atoms with Gasteiger partial charge in [-0.3, -0.25) is 14.4 Å². The van der Waals surface area contributed by atoms with Crippen LogP contribution >= 0.6 is 0 Å². The number of hydrogen-bond acceptors (Lipinski definition) is 3. The Morgan fingerprint density at radius 2 is 1.94 bits per heavy atom. The van der Waals surface area contributed by atoms with Gasteiger partial charge in [-0.05, 0) is 26.7 Å². The molecular weight excluding hydrogens is 236 g/mol. The zero-order valence-corrected chi connectivity index (χ0v) is 10.7. The summed E-state index contributed by atoms with van der Waals surface area (Å²) in [5.74, 6) is -1.72. The Balaban J connectivity index is 2.28. The van der Waals surface area contributed by atoms with Gasteiger partial charge in [-0.25, -0.2) is 0 Å². The molecule has 0 aromatic carbocycles. The predicted octanol–water partition coefficient (Wildman–Crippen LogP) is -0.0217. The van der Waals surface area contributed by atoms with E-state index in [-0.39, 0.29) is 5.91 Å². The Morgan fingerprint density at radius 1 is 1.33 bits per heavy atom. The minimum atomic E-state index is -1.30. The summed E-state index contributed by atoms with van der Waals surface area (Å²) in [5.41, 5.74) is -2.28. The third-order valence-electron chi connectivity index (χ3n) is 4.12. The summed E-state index contributed by atoms with van der Waals surface area (Å²) in [6.45, 7) is 4.04. The summed E-state index contributed by atoms with van der Waals surface area (Å²) >= 11 is 0. The lowest BCUT2D eigenvalue weighted by Crippen LogP contribution is -2.67. The van der Waals surface area contributed by atoms with Crippen molar-refractivity contribution in [1.82, 2.24) is 10.2 Å². The molecule has 1 aliphatic heterocycles. The molecule has 0 unspecified atom stereocenters. The maximum absolute atomic E-state index is 12.5. The first kappa shape index (κ1) is 12.9. The van der Waals surface area contributed by atoms with Crippen molar-refractivity contribution in [2.24, 2.45) is 5.41 Å². The molecule has 6 heteroatoms. The Morgan fingerprint density at radius 3 is 2.39 bits per heavy atom. The van der Waals surface area contributed by atoms with Gasteiger partial charge in [0.1, 0.15) is 11.0 Å². The molecule has 100 valence electrons. The second-order valence-electron chi connectivity index (χ2n) is 5.51. The summed E-state index contributed by atoms with van der Waals surface area (Å²) in [6, 6.07) is 0. The number of amides is 2. The Kier molecular flexibility index (Phi) is 2.83. The van der Waals surface area contributed by atoms with Crippen LogP contribution in [0.5, 0.6) is 0 Å². The van der Waals surface area contributed by atoms with Crippen molar-refractivity contribution in [3.8, 4) is 0 Å². The largest absolute Gasteiger partial charge is 0.480 e. The third kappa shape index (κ3) is 1.59. The highest BCUT2D eigenvalue weighted by Crippen LogP contribution is 2.44. The number of rotatable bonds is 2. The molecule has 0 aromatic heterocycles. The molecule has 0 radical (unpaired) electrons. The van der Waals surface area contributed by atoms with Crippen LogP contribution in [0.25, 0.3) is 0 Å². The Bertz CT molecular complexity index is 412. The molecule has 6 nitrogen and oxygen atoms in total. The molecule has 18 heavy (non-hydrogen) atoms. The van der Waals surface area contributed by atoms with E-state index >= 15 is 0 Å². The van der Waals surface area contributed by atoms with Crippen molar-refractivity contribution >= 4 is 17.8 Å². The number of carbonyl (C=O) groups is 3. The molecule has 0 bridgehead atoms. The van der Waals surface area contributed by atoms with Gasteiger partial charge in [-0.1, -0.05) is 6.42 Å². The second-order valence-corrected chi connectivity index (χ2v) is 5.51. The van der Waals surface area contributed by atoms with Gasteiger partial charge in [0.15, 0.2) is 0 Å². The minimum absolute atomic E-state index is 0.234. The molecule has 2 aliphatic rings. The van der Waals surface area contributed by atoms with Crippen LogP contribution in [0.2, 0.25) is 0 Å². The van der Waals surface area contributed by atoms with Crippen LogP contribution in [0.1, 0.15) is 33.1 Å². The molecular formula is C12H18N2O4. The summed E-state index contributed by atoms with van der Waals surface area (Å²) in [4.78, 5) is 37.0. The fourth-order valence-electron chi connectivity index (χ4n) is 2.56. The van der Waals surface area contributed by atoms with E-state index in [2.05, 4.69) is 5.32 Å². The number of carboxylic acids is 1. The Labute approximate surface area is 105 Å². The molecule has 1 saturated heterocycles. The molecule has 2 fully saturated rings. The number of carbonyl (C=O) groups excluding carboxylic acids is 2. The highest BCUT2D eigenvalue weighted by atomic mass is 16.4. The molecule has 0 atom stereocenters. The molecule has 1 heterocycles. The van der Waals surface area contributed by atoms with Crippen LogP contribution in [0.4, 0.5) is 0 Å². The van der Waals surface area contributed by atoms with Gasteiger partial charge in [0.2, 0.25) is 11.8 Å². The first-order valence-electron chi connectivity index (χ1n) is 6.16. The van der Waals surface area contributed by atoms with E-state index in [0.717, 1.165) is 6.42 Å². The van der Waals surface area contributed by atoms with Gasteiger partial charge in [0.25, 0.3) is 0 Å². The van der Waals surface area contributed by atoms with Crippen molar-refractivity contribution in [3.63, 3.8) is 0 Å². The zero-order chi connectivity index (χ0) is 13.6.